The van der Waals surface area contributed by atoms with Gasteiger partial charge in [-0.05, 0) is 53.1 Å². The summed E-state index contributed by atoms with van der Waals surface area (Å²) < 4.78 is 87.2. The molecule has 0 unspecified atom stereocenters. The van der Waals surface area contributed by atoms with E-state index in [-0.39, 0.29) is 24.2 Å². The molecule has 0 aliphatic heterocycles. The number of halogens is 7. The van der Waals surface area contributed by atoms with Crippen molar-refractivity contribution in [2.45, 2.75) is 18.4 Å². The lowest BCUT2D eigenvalue weighted by atomic mass is 10.2. The largest absolute Gasteiger partial charge is 0.477 e. The molecular weight excluding hydrogens is 878 g/mol. The van der Waals surface area contributed by atoms with Crippen LogP contribution in [0.25, 0.3) is 0 Å². The third-order valence-electron chi connectivity index (χ3n) is 7.37. The van der Waals surface area contributed by atoms with Crippen LogP contribution in [0.4, 0.5) is 26.3 Å². The minimum atomic E-state index is -1.39. The van der Waals surface area contributed by atoms with E-state index in [1.807, 2.05) is 0 Å². The molecule has 60 heavy (non-hydrogen) atoms. The molecule has 6 rings (SSSR count). The number of aromatic nitrogens is 6. The third-order valence-corrected chi connectivity index (χ3v) is 8.02. The van der Waals surface area contributed by atoms with Crippen LogP contribution in [0.1, 0.15) is 47.8 Å². The molecule has 3 aromatic heterocycles. The highest BCUT2D eigenvalue weighted by atomic mass is 79.9. The number of carboxylic acid groups (broad SMARTS) is 1. The Bertz CT molecular complexity index is 2660. The van der Waals surface area contributed by atoms with Gasteiger partial charge < -0.3 is 19.6 Å². The van der Waals surface area contributed by atoms with E-state index < -0.39 is 75.1 Å². The third kappa shape index (κ3) is 13.4. The maximum Gasteiger partial charge on any atom is 0.345 e. The molecule has 0 aliphatic rings. The average molecular weight is 908 g/mol. The van der Waals surface area contributed by atoms with Crippen LogP contribution < -0.4 is 16.7 Å². The summed E-state index contributed by atoms with van der Waals surface area (Å²) in [6.45, 7) is -0.127. The molecule has 22 heteroatoms. The molecule has 0 amide bonds. The Hall–Kier alpha value is -7.23. The van der Waals surface area contributed by atoms with Crippen LogP contribution in [0.15, 0.2) is 107 Å². The number of methoxy groups -OCH3 is 2. The van der Waals surface area contributed by atoms with E-state index in [1.165, 1.54) is 44.0 Å². The van der Waals surface area contributed by atoms with Gasteiger partial charge in [0.1, 0.15) is 16.7 Å². The van der Waals surface area contributed by atoms with E-state index in [1.54, 1.807) is 0 Å². The lowest BCUT2D eigenvalue weighted by Crippen LogP contribution is -2.27. The Morgan fingerprint density at radius 3 is 1.43 bits per heavy atom. The van der Waals surface area contributed by atoms with Gasteiger partial charge in [0.2, 0.25) is 0 Å². The zero-order valence-corrected chi connectivity index (χ0v) is 32.5. The van der Waals surface area contributed by atoms with Gasteiger partial charge in [-0.1, -0.05) is 34.1 Å². The van der Waals surface area contributed by atoms with Crippen molar-refractivity contribution in [2.24, 2.45) is 0 Å². The molecule has 314 valence electrons. The fraction of sp³-hybridized carbons (Fsp3) is 0.132. The second kappa shape index (κ2) is 22.6. The Kier molecular flexibility index (Phi) is 17.8. The van der Waals surface area contributed by atoms with Gasteiger partial charge >= 0.3 is 17.9 Å². The smallest absolute Gasteiger partial charge is 0.345 e. The SMILES string of the molecule is COC(=O)c1cnc[nH]c1=O.COC(=O)c1cncn(Cc2ccc(F)c(F)c2)c1=O.Fc1ccc(CBr)cc1F.O=C(O)c1cncn(Cc2ccc(F)c(F)c2)c1=O. The number of carboxylic acids is 1. The first-order valence-electron chi connectivity index (χ1n) is 16.4. The Balaban J connectivity index is 0.000000223. The molecule has 6 aromatic rings. The number of carbonyl (C=O) groups is 3. The number of hydrogen-bond acceptors (Lipinski definition) is 11. The number of alkyl halides is 1. The Labute approximate surface area is 341 Å². The number of nitrogens with zero attached hydrogens (tertiary/aromatic N) is 5. The van der Waals surface area contributed by atoms with Crippen molar-refractivity contribution in [3.63, 3.8) is 0 Å². The number of aromatic carboxylic acids is 1. The molecule has 0 fully saturated rings. The predicted molar refractivity (Wildman–Crippen MR) is 201 cm³/mol. The van der Waals surface area contributed by atoms with Crippen molar-refractivity contribution in [3.8, 4) is 0 Å². The van der Waals surface area contributed by atoms with E-state index in [4.69, 9.17) is 5.11 Å². The molecule has 0 saturated heterocycles. The van der Waals surface area contributed by atoms with Gasteiger partial charge in [0.05, 0.1) is 46.3 Å². The maximum atomic E-state index is 13.1. The van der Waals surface area contributed by atoms with Crippen LogP contribution in [-0.4, -0.2) is 66.3 Å². The lowest BCUT2D eigenvalue weighted by Gasteiger charge is -2.07. The van der Waals surface area contributed by atoms with Crippen molar-refractivity contribution >= 4 is 33.8 Å². The van der Waals surface area contributed by atoms with Gasteiger partial charge in [-0.2, -0.15) is 0 Å². The molecule has 3 aromatic carbocycles. The summed E-state index contributed by atoms with van der Waals surface area (Å²) in [6.07, 6.45) is 6.73. The van der Waals surface area contributed by atoms with Crippen LogP contribution in [0.3, 0.4) is 0 Å². The zero-order chi connectivity index (χ0) is 44.5. The van der Waals surface area contributed by atoms with E-state index in [0.29, 0.717) is 16.5 Å². The molecule has 0 spiro atoms. The van der Waals surface area contributed by atoms with Crippen LogP contribution in [0.5, 0.6) is 0 Å². The molecular formula is C38H29BrF6N6O9. The Morgan fingerprint density at radius 1 is 0.617 bits per heavy atom. The van der Waals surface area contributed by atoms with Crippen molar-refractivity contribution < 1.29 is 55.3 Å². The second-order valence-electron chi connectivity index (χ2n) is 11.4. The molecule has 0 aliphatic carbocycles. The van der Waals surface area contributed by atoms with Gasteiger partial charge in [-0.25, -0.2) is 55.7 Å². The summed E-state index contributed by atoms with van der Waals surface area (Å²) in [4.78, 5) is 80.6. The number of carbonyl (C=O) groups excluding carboxylic acids is 2. The fourth-order valence-electron chi connectivity index (χ4n) is 4.41. The Morgan fingerprint density at radius 2 is 1.02 bits per heavy atom. The van der Waals surface area contributed by atoms with Crippen LogP contribution in [0, 0.1) is 34.9 Å². The molecule has 0 atom stereocenters. The number of H-pyrrole nitrogens is 1. The van der Waals surface area contributed by atoms with E-state index >= 15 is 0 Å². The second-order valence-corrected chi connectivity index (χ2v) is 12.0. The van der Waals surface area contributed by atoms with Crippen LogP contribution in [-0.2, 0) is 27.9 Å². The molecule has 0 saturated carbocycles. The molecule has 15 nitrogen and oxygen atoms in total. The first-order valence-corrected chi connectivity index (χ1v) is 17.5. The van der Waals surface area contributed by atoms with Crippen LogP contribution >= 0.6 is 15.9 Å². The van der Waals surface area contributed by atoms with Crippen LogP contribution in [0.2, 0.25) is 0 Å². The zero-order valence-electron chi connectivity index (χ0n) is 30.9. The summed E-state index contributed by atoms with van der Waals surface area (Å²) in [5.41, 5.74) is -1.23. The topological polar surface area (TPSA) is 205 Å². The highest BCUT2D eigenvalue weighted by molar-refractivity contribution is 9.08. The number of esters is 2. The molecule has 2 N–H and O–H groups in total. The summed E-state index contributed by atoms with van der Waals surface area (Å²) in [5.74, 6) is -8.48. The number of ether oxygens (including phenoxy) is 2. The number of nitrogens with one attached hydrogen (secondary N) is 1. The number of benzene rings is 3. The van der Waals surface area contributed by atoms with Gasteiger partial charge in [0.25, 0.3) is 16.7 Å². The van der Waals surface area contributed by atoms with Crippen molar-refractivity contribution in [3.05, 3.63) is 192 Å². The molecule has 3 heterocycles. The van der Waals surface area contributed by atoms with Gasteiger partial charge in [0, 0.05) is 23.9 Å². The molecule has 0 bridgehead atoms. The summed E-state index contributed by atoms with van der Waals surface area (Å²) in [7, 11) is 2.35. The normalized spacial score (nSPS) is 10.1. The van der Waals surface area contributed by atoms with Gasteiger partial charge in [-0.15, -0.1) is 0 Å². The van der Waals surface area contributed by atoms with E-state index in [9.17, 15) is 55.1 Å². The number of hydrogen-bond donors (Lipinski definition) is 2. The number of rotatable bonds is 8. The highest BCUT2D eigenvalue weighted by Gasteiger charge is 2.15. The van der Waals surface area contributed by atoms with Gasteiger partial charge in [0.15, 0.2) is 34.9 Å². The standard InChI is InChI=1S/C13H10F2N2O3.C12H8F2N2O3.C7H5BrF2.C6H6N2O3/c1-20-13(19)9-5-16-7-17(12(9)18)6-8-2-3-10(14)11(15)4-8;13-9-2-1-7(3-10(9)14)5-16-6-15-4-8(11(16)17)12(18)19;8-4-5-1-2-6(9)7(10)3-5;1-11-6(10)4-2-7-3-8-5(4)9/h2-5,7H,6H2,1H3;1-4,6H,5H2,(H,18,19);1-3H,4H2;2-3H,1H3,(H,7,8,9). The van der Waals surface area contributed by atoms with E-state index in [0.717, 1.165) is 77.1 Å². The summed E-state index contributed by atoms with van der Waals surface area (Å²) >= 11 is 3.13. The van der Waals surface area contributed by atoms with Crippen molar-refractivity contribution in [2.75, 3.05) is 14.2 Å². The fourth-order valence-corrected chi connectivity index (χ4v) is 4.76. The van der Waals surface area contributed by atoms with Crippen molar-refractivity contribution in [1.29, 1.82) is 0 Å². The van der Waals surface area contributed by atoms with Gasteiger partial charge in [-0.3, -0.25) is 23.5 Å². The summed E-state index contributed by atoms with van der Waals surface area (Å²) in [6, 6.07) is 10.3. The monoisotopic (exact) mass is 906 g/mol. The summed E-state index contributed by atoms with van der Waals surface area (Å²) in [5, 5.41) is 9.32. The predicted octanol–water partition coefficient (Wildman–Crippen LogP) is 5.04. The first-order chi connectivity index (χ1) is 28.5. The van der Waals surface area contributed by atoms with E-state index in [2.05, 4.69) is 45.3 Å². The molecule has 0 radical (unpaired) electrons. The quantitative estimate of drug-likeness (QED) is 0.117. The minimum Gasteiger partial charge on any atom is -0.477 e. The minimum absolute atomic E-state index is 0.0339. The maximum absolute atomic E-state index is 13.1. The highest BCUT2D eigenvalue weighted by Crippen LogP contribution is 2.12. The average Bonchev–Trinajstić information content (AvgIpc) is 3.23. The van der Waals surface area contributed by atoms with Crippen molar-refractivity contribution in [1.82, 2.24) is 29.1 Å². The lowest BCUT2D eigenvalue weighted by molar-refractivity contribution is 0.0588. The number of aromatic amines is 1. The first kappa shape index (κ1) is 47.1.